The quantitative estimate of drug-likeness (QED) is 0.606. The van der Waals surface area contributed by atoms with Gasteiger partial charge in [0.05, 0.1) is 15.6 Å². The van der Waals surface area contributed by atoms with Crippen LogP contribution in [0, 0.1) is 17.0 Å². The van der Waals surface area contributed by atoms with E-state index in [-0.39, 0.29) is 5.69 Å². The first-order chi connectivity index (χ1) is 7.65. The van der Waals surface area contributed by atoms with Crippen molar-refractivity contribution in [2.75, 3.05) is 0 Å². The second-order valence-electron chi connectivity index (χ2n) is 3.46. The van der Waals surface area contributed by atoms with Crippen LogP contribution in [0.1, 0.15) is 16.3 Å². The molecule has 16 heavy (non-hydrogen) atoms. The normalized spacial score (nSPS) is 10.3. The lowest BCUT2D eigenvalue weighted by Gasteiger charge is -1.97. The fraction of sp³-hybridized carbons (Fsp3) is 0.182. The second-order valence-corrected chi connectivity index (χ2v) is 4.52. The number of non-ortho nitro benzene ring substituents is 1. The van der Waals surface area contributed by atoms with Crippen LogP contribution in [0.25, 0.3) is 0 Å². The summed E-state index contributed by atoms with van der Waals surface area (Å²) >= 11 is 1.61. The van der Waals surface area contributed by atoms with Crippen LogP contribution in [0.15, 0.2) is 29.6 Å². The summed E-state index contributed by atoms with van der Waals surface area (Å²) < 4.78 is 0. The lowest BCUT2D eigenvalue weighted by atomic mass is 10.1. The van der Waals surface area contributed by atoms with Crippen LogP contribution in [-0.4, -0.2) is 9.91 Å². The number of nitro benzene ring substituents is 1. The maximum Gasteiger partial charge on any atom is 0.269 e. The van der Waals surface area contributed by atoms with Gasteiger partial charge in [0.1, 0.15) is 0 Å². The highest BCUT2D eigenvalue weighted by Crippen LogP contribution is 2.16. The highest BCUT2D eigenvalue weighted by molar-refractivity contribution is 7.09. The standard InChI is InChI=1S/C11H10N2O2S/c1-8-12-10(7-16-8)6-9-2-4-11(5-3-9)13(14)15/h2-5,7H,6H2,1H3. The van der Waals surface area contributed by atoms with Gasteiger partial charge in [-0.2, -0.15) is 0 Å². The van der Waals surface area contributed by atoms with Crippen molar-refractivity contribution in [1.82, 2.24) is 4.98 Å². The van der Waals surface area contributed by atoms with Gasteiger partial charge >= 0.3 is 0 Å². The highest BCUT2D eigenvalue weighted by atomic mass is 32.1. The predicted molar refractivity (Wildman–Crippen MR) is 62.8 cm³/mol. The van der Waals surface area contributed by atoms with Crippen molar-refractivity contribution in [2.24, 2.45) is 0 Å². The van der Waals surface area contributed by atoms with E-state index in [4.69, 9.17) is 0 Å². The molecule has 82 valence electrons. The molecular formula is C11H10N2O2S. The van der Waals surface area contributed by atoms with Gasteiger partial charge in [-0.15, -0.1) is 11.3 Å². The first-order valence-corrected chi connectivity index (χ1v) is 5.67. The Kier molecular flexibility index (Phi) is 2.96. The molecule has 0 N–H and O–H groups in total. The zero-order chi connectivity index (χ0) is 11.5. The van der Waals surface area contributed by atoms with Gasteiger partial charge in [0, 0.05) is 23.9 Å². The van der Waals surface area contributed by atoms with Gasteiger partial charge in [0.25, 0.3) is 5.69 Å². The molecule has 0 fully saturated rings. The third-order valence-electron chi connectivity index (χ3n) is 2.20. The number of hydrogen-bond acceptors (Lipinski definition) is 4. The van der Waals surface area contributed by atoms with E-state index in [1.807, 2.05) is 12.3 Å². The van der Waals surface area contributed by atoms with E-state index < -0.39 is 4.92 Å². The molecule has 0 spiro atoms. The number of rotatable bonds is 3. The van der Waals surface area contributed by atoms with E-state index in [1.165, 1.54) is 12.1 Å². The Morgan fingerprint density at radius 1 is 1.38 bits per heavy atom. The summed E-state index contributed by atoms with van der Waals surface area (Å²) in [7, 11) is 0. The first-order valence-electron chi connectivity index (χ1n) is 4.79. The largest absolute Gasteiger partial charge is 0.269 e. The molecule has 2 rings (SSSR count). The second kappa shape index (κ2) is 4.40. The Morgan fingerprint density at radius 2 is 2.06 bits per heavy atom. The molecule has 0 aliphatic heterocycles. The average molecular weight is 234 g/mol. The van der Waals surface area contributed by atoms with Gasteiger partial charge in [-0.05, 0) is 12.5 Å². The molecule has 0 radical (unpaired) electrons. The lowest BCUT2D eigenvalue weighted by molar-refractivity contribution is -0.384. The van der Waals surface area contributed by atoms with Crippen molar-refractivity contribution >= 4 is 17.0 Å². The number of hydrogen-bond donors (Lipinski definition) is 0. The Hall–Kier alpha value is -1.75. The molecule has 1 heterocycles. The zero-order valence-corrected chi connectivity index (χ0v) is 9.53. The summed E-state index contributed by atoms with van der Waals surface area (Å²) in [6.07, 6.45) is 0.725. The maximum atomic E-state index is 10.5. The summed E-state index contributed by atoms with van der Waals surface area (Å²) in [4.78, 5) is 14.4. The number of nitro groups is 1. The highest BCUT2D eigenvalue weighted by Gasteiger charge is 2.05. The molecule has 1 aromatic heterocycles. The zero-order valence-electron chi connectivity index (χ0n) is 8.71. The summed E-state index contributed by atoms with van der Waals surface area (Å²) in [5.74, 6) is 0. The molecule has 0 saturated carbocycles. The van der Waals surface area contributed by atoms with Gasteiger partial charge < -0.3 is 0 Å². The molecule has 4 nitrogen and oxygen atoms in total. The Bertz CT molecular complexity index is 505. The molecule has 5 heteroatoms. The number of thiazole rings is 1. The number of nitrogens with zero attached hydrogens (tertiary/aromatic N) is 2. The van der Waals surface area contributed by atoms with Crippen LogP contribution in [0.3, 0.4) is 0 Å². The van der Waals surface area contributed by atoms with E-state index in [0.717, 1.165) is 22.7 Å². The van der Waals surface area contributed by atoms with E-state index in [0.29, 0.717) is 0 Å². The van der Waals surface area contributed by atoms with Crippen molar-refractivity contribution in [3.8, 4) is 0 Å². The van der Waals surface area contributed by atoms with Gasteiger partial charge in [0.2, 0.25) is 0 Å². The molecule has 0 atom stereocenters. The van der Waals surface area contributed by atoms with Gasteiger partial charge in [0.15, 0.2) is 0 Å². The third kappa shape index (κ3) is 2.43. The average Bonchev–Trinajstić information content (AvgIpc) is 2.65. The van der Waals surface area contributed by atoms with Crippen LogP contribution in [-0.2, 0) is 6.42 Å². The number of benzene rings is 1. The number of aryl methyl sites for hydroxylation is 1. The maximum absolute atomic E-state index is 10.5. The van der Waals surface area contributed by atoms with Crippen LogP contribution in [0.4, 0.5) is 5.69 Å². The molecule has 0 amide bonds. The molecule has 0 aliphatic rings. The lowest BCUT2D eigenvalue weighted by Crippen LogP contribution is -1.91. The molecule has 2 aromatic rings. The minimum atomic E-state index is -0.392. The number of aromatic nitrogens is 1. The minimum Gasteiger partial charge on any atom is -0.258 e. The fourth-order valence-electron chi connectivity index (χ4n) is 1.43. The topological polar surface area (TPSA) is 56.0 Å². The van der Waals surface area contributed by atoms with E-state index in [1.54, 1.807) is 23.5 Å². The van der Waals surface area contributed by atoms with Crippen molar-refractivity contribution < 1.29 is 4.92 Å². The van der Waals surface area contributed by atoms with Crippen LogP contribution >= 0.6 is 11.3 Å². The molecule has 0 aliphatic carbocycles. The Morgan fingerprint density at radius 3 is 2.56 bits per heavy atom. The summed E-state index contributed by atoms with van der Waals surface area (Å²) in [6, 6.07) is 6.59. The Balaban J connectivity index is 2.14. The van der Waals surface area contributed by atoms with Crippen LogP contribution in [0.5, 0.6) is 0 Å². The fourth-order valence-corrected chi connectivity index (χ4v) is 2.05. The molecular weight excluding hydrogens is 224 g/mol. The summed E-state index contributed by atoms with van der Waals surface area (Å²) in [6.45, 7) is 1.96. The molecule has 0 unspecified atom stereocenters. The van der Waals surface area contributed by atoms with Crippen molar-refractivity contribution in [1.29, 1.82) is 0 Å². The molecule has 0 bridgehead atoms. The Labute approximate surface area is 96.7 Å². The monoisotopic (exact) mass is 234 g/mol. The summed E-state index contributed by atoms with van der Waals surface area (Å²) in [5, 5.41) is 13.5. The molecule has 1 aromatic carbocycles. The van der Waals surface area contributed by atoms with Crippen molar-refractivity contribution in [3.05, 3.63) is 56.0 Å². The first kappa shape index (κ1) is 10.8. The summed E-state index contributed by atoms with van der Waals surface area (Å²) in [5.41, 5.74) is 2.17. The van der Waals surface area contributed by atoms with Crippen molar-refractivity contribution in [2.45, 2.75) is 13.3 Å². The van der Waals surface area contributed by atoms with Crippen LogP contribution < -0.4 is 0 Å². The predicted octanol–water partition coefficient (Wildman–Crippen LogP) is 2.95. The van der Waals surface area contributed by atoms with Gasteiger partial charge in [-0.25, -0.2) is 4.98 Å². The van der Waals surface area contributed by atoms with E-state index in [2.05, 4.69) is 4.98 Å². The van der Waals surface area contributed by atoms with Crippen molar-refractivity contribution in [3.63, 3.8) is 0 Å². The van der Waals surface area contributed by atoms with E-state index >= 15 is 0 Å². The van der Waals surface area contributed by atoms with Gasteiger partial charge in [-0.3, -0.25) is 10.1 Å². The van der Waals surface area contributed by atoms with Crippen LogP contribution in [0.2, 0.25) is 0 Å². The molecule has 0 saturated heterocycles. The third-order valence-corrected chi connectivity index (χ3v) is 3.02. The minimum absolute atomic E-state index is 0.123. The SMILES string of the molecule is Cc1nc(Cc2ccc([N+](=O)[O-])cc2)cs1. The van der Waals surface area contributed by atoms with Gasteiger partial charge in [-0.1, -0.05) is 12.1 Å². The van der Waals surface area contributed by atoms with E-state index in [9.17, 15) is 10.1 Å². The smallest absolute Gasteiger partial charge is 0.258 e.